The Morgan fingerprint density at radius 1 is 1.17 bits per heavy atom. The molecule has 0 amide bonds. The molecule has 0 spiro atoms. The maximum atomic E-state index is 12.7. The minimum Gasteiger partial charge on any atom is -0.495 e. The van der Waals surface area contributed by atoms with Crippen LogP contribution in [0.25, 0.3) is 0 Å². The van der Waals surface area contributed by atoms with Crippen LogP contribution in [0.5, 0.6) is 5.75 Å². The van der Waals surface area contributed by atoms with Gasteiger partial charge < -0.3 is 20.3 Å². The number of methoxy groups -OCH3 is 1. The molecule has 8 heteroatoms. The van der Waals surface area contributed by atoms with Gasteiger partial charge in [-0.25, -0.2) is 0 Å². The summed E-state index contributed by atoms with van der Waals surface area (Å²) in [5.41, 5.74) is 1.17. The van der Waals surface area contributed by atoms with Gasteiger partial charge in [-0.3, -0.25) is 4.99 Å². The number of aliphatic imine (C=N–C) groups is 1. The number of nitrogens with one attached hydrogen (secondary N) is 2. The third-order valence-corrected chi connectivity index (χ3v) is 4.92. The molecule has 0 aliphatic carbocycles. The number of hydrogen-bond acceptors (Lipinski definition) is 3. The van der Waals surface area contributed by atoms with Gasteiger partial charge in [-0.1, -0.05) is 24.3 Å². The number of alkyl halides is 3. The molecule has 2 aromatic carbocycles. The van der Waals surface area contributed by atoms with Crippen LogP contribution in [0.3, 0.4) is 0 Å². The summed E-state index contributed by atoms with van der Waals surface area (Å²) in [5, 5.41) is 6.55. The normalized spacial score (nSPS) is 17.3. The summed E-state index contributed by atoms with van der Waals surface area (Å²) >= 11 is 0. The van der Waals surface area contributed by atoms with Crippen LogP contribution in [-0.2, 0) is 12.7 Å². The van der Waals surface area contributed by atoms with Gasteiger partial charge >= 0.3 is 6.18 Å². The van der Waals surface area contributed by atoms with Gasteiger partial charge in [0.25, 0.3) is 0 Å². The first-order valence-corrected chi connectivity index (χ1v) is 9.42. The Morgan fingerprint density at radius 3 is 2.55 bits per heavy atom. The number of para-hydroxylation sites is 2. The largest absolute Gasteiger partial charge is 0.495 e. The molecule has 5 nitrogen and oxygen atoms in total. The van der Waals surface area contributed by atoms with E-state index < -0.39 is 11.7 Å². The first kappa shape index (κ1) is 20.8. The number of nitrogens with zero attached hydrogens (tertiary/aromatic N) is 2. The summed E-state index contributed by atoms with van der Waals surface area (Å²) in [6, 6.07) is 13.3. The van der Waals surface area contributed by atoms with Crippen molar-refractivity contribution in [3.05, 3.63) is 59.7 Å². The second-order valence-corrected chi connectivity index (χ2v) is 6.87. The predicted octanol–water partition coefficient (Wildman–Crippen LogP) is 3.66. The molecule has 2 N–H and O–H groups in total. The van der Waals surface area contributed by atoms with Crippen LogP contribution in [-0.4, -0.2) is 39.2 Å². The first-order valence-electron chi connectivity index (χ1n) is 9.42. The molecule has 1 aliphatic heterocycles. The summed E-state index contributed by atoms with van der Waals surface area (Å²) in [5.74, 6) is 1.47. The third kappa shape index (κ3) is 5.34. The molecule has 1 atom stereocenters. The lowest BCUT2D eigenvalue weighted by Gasteiger charge is -2.22. The number of benzene rings is 2. The second-order valence-electron chi connectivity index (χ2n) is 6.87. The lowest BCUT2D eigenvalue weighted by Crippen LogP contribution is -2.44. The van der Waals surface area contributed by atoms with Crippen LogP contribution >= 0.6 is 0 Å². The molecular formula is C21H25F3N4O. The van der Waals surface area contributed by atoms with Crippen LogP contribution < -0.4 is 20.3 Å². The lowest BCUT2D eigenvalue weighted by molar-refractivity contribution is -0.137. The van der Waals surface area contributed by atoms with Gasteiger partial charge in [0, 0.05) is 32.7 Å². The van der Waals surface area contributed by atoms with Gasteiger partial charge in [-0.2, -0.15) is 13.2 Å². The second kappa shape index (κ2) is 9.07. The highest BCUT2D eigenvalue weighted by atomic mass is 19.4. The summed E-state index contributed by atoms with van der Waals surface area (Å²) in [6.07, 6.45) is -3.38. The third-order valence-electron chi connectivity index (χ3n) is 4.92. The van der Waals surface area contributed by atoms with Crippen molar-refractivity contribution in [1.29, 1.82) is 0 Å². The molecule has 0 bridgehead atoms. The van der Waals surface area contributed by atoms with Crippen molar-refractivity contribution < 1.29 is 17.9 Å². The molecule has 0 radical (unpaired) electrons. The van der Waals surface area contributed by atoms with E-state index in [1.807, 2.05) is 24.3 Å². The predicted molar refractivity (Wildman–Crippen MR) is 108 cm³/mol. The Kier molecular flexibility index (Phi) is 6.51. The molecule has 3 rings (SSSR count). The Hall–Kier alpha value is -2.90. The number of hydrogen-bond donors (Lipinski definition) is 2. The van der Waals surface area contributed by atoms with Gasteiger partial charge in [-0.05, 0) is 36.2 Å². The Bertz CT molecular complexity index is 837. The van der Waals surface area contributed by atoms with Crippen molar-refractivity contribution in [1.82, 2.24) is 10.6 Å². The summed E-state index contributed by atoms with van der Waals surface area (Å²) in [7, 11) is 3.34. The highest BCUT2D eigenvalue weighted by Gasteiger charge is 2.30. The summed E-state index contributed by atoms with van der Waals surface area (Å²) < 4.78 is 43.4. The van der Waals surface area contributed by atoms with Gasteiger partial charge in [0.1, 0.15) is 5.75 Å². The fourth-order valence-corrected chi connectivity index (χ4v) is 3.37. The molecule has 2 aromatic rings. The Labute approximate surface area is 168 Å². The standard InChI is InChI=1S/C21H25F3N4O/c1-25-20(26-13-15-7-9-16(10-8-15)21(22,23)24)27-17-11-12-28(14-17)18-5-3-4-6-19(18)29-2/h3-10,17H,11-14H2,1-2H3,(H2,25,26,27). The van der Waals surface area contributed by atoms with Gasteiger partial charge in [-0.15, -0.1) is 0 Å². The molecule has 1 aliphatic rings. The van der Waals surface area contributed by atoms with Crippen molar-refractivity contribution >= 4 is 11.6 Å². The van der Waals surface area contributed by atoms with E-state index in [1.54, 1.807) is 14.2 Å². The zero-order valence-corrected chi connectivity index (χ0v) is 16.5. The molecule has 0 aromatic heterocycles. The SMILES string of the molecule is CN=C(NCc1ccc(C(F)(F)F)cc1)NC1CCN(c2ccccc2OC)C1. The molecule has 1 fully saturated rings. The van der Waals surface area contributed by atoms with E-state index in [1.165, 1.54) is 12.1 Å². The van der Waals surface area contributed by atoms with Crippen molar-refractivity contribution in [3.63, 3.8) is 0 Å². The fraction of sp³-hybridized carbons (Fsp3) is 0.381. The van der Waals surface area contributed by atoms with E-state index in [-0.39, 0.29) is 6.04 Å². The molecule has 29 heavy (non-hydrogen) atoms. The number of ether oxygens (including phenoxy) is 1. The van der Waals surface area contributed by atoms with E-state index in [0.29, 0.717) is 12.5 Å². The zero-order valence-electron chi connectivity index (χ0n) is 16.5. The van der Waals surface area contributed by atoms with Crippen LogP contribution in [0.2, 0.25) is 0 Å². The molecule has 1 unspecified atom stereocenters. The number of halogens is 3. The Balaban J connectivity index is 1.53. The highest BCUT2D eigenvalue weighted by molar-refractivity contribution is 5.80. The van der Waals surface area contributed by atoms with E-state index in [9.17, 15) is 13.2 Å². The van der Waals surface area contributed by atoms with Crippen LogP contribution in [0.4, 0.5) is 18.9 Å². The smallest absolute Gasteiger partial charge is 0.416 e. The average molecular weight is 406 g/mol. The van der Waals surface area contributed by atoms with Crippen molar-refractivity contribution in [2.45, 2.75) is 25.2 Å². The van der Waals surface area contributed by atoms with Crippen LogP contribution in [0.15, 0.2) is 53.5 Å². The minimum atomic E-state index is -4.32. The number of rotatable bonds is 5. The molecule has 1 saturated heterocycles. The zero-order chi connectivity index (χ0) is 20.9. The van der Waals surface area contributed by atoms with Crippen molar-refractivity contribution in [3.8, 4) is 5.75 Å². The number of guanidine groups is 1. The summed E-state index contributed by atoms with van der Waals surface area (Å²) in [4.78, 5) is 6.49. The molecule has 156 valence electrons. The van der Waals surface area contributed by atoms with E-state index in [4.69, 9.17) is 4.74 Å². The monoisotopic (exact) mass is 406 g/mol. The first-order chi connectivity index (χ1) is 13.9. The molecule has 0 saturated carbocycles. The van der Waals surface area contributed by atoms with E-state index >= 15 is 0 Å². The maximum Gasteiger partial charge on any atom is 0.416 e. The van der Waals surface area contributed by atoms with Crippen LogP contribution in [0.1, 0.15) is 17.5 Å². The quantitative estimate of drug-likeness (QED) is 0.588. The minimum absolute atomic E-state index is 0.207. The average Bonchev–Trinajstić information content (AvgIpc) is 3.19. The fourth-order valence-electron chi connectivity index (χ4n) is 3.37. The van der Waals surface area contributed by atoms with Gasteiger partial charge in [0.15, 0.2) is 5.96 Å². The number of anilines is 1. The van der Waals surface area contributed by atoms with Gasteiger partial charge in [0.05, 0.1) is 18.4 Å². The topological polar surface area (TPSA) is 48.9 Å². The Morgan fingerprint density at radius 2 is 1.90 bits per heavy atom. The molecule has 1 heterocycles. The van der Waals surface area contributed by atoms with Crippen molar-refractivity contribution in [2.24, 2.45) is 4.99 Å². The van der Waals surface area contributed by atoms with Gasteiger partial charge in [0.2, 0.25) is 0 Å². The van der Waals surface area contributed by atoms with Crippen molar-refractivity contribution in [2.75, 3.05) is 32.1 Å². The molecular weight excluding hydrogens is 381 g/mol. The highest BCUT2D eigenvalue weighted by Crippen LogP contribution is 2.30. The van der Waals surface area contributed by atoms with Crippen LogP contribution in [0, 0.1) is 0 Å². The summed E-state index contributed by atoms with van der Waals surface area (Å²) in [6.45, 7) is 2.09. The lowest BCUT2D eigenvalue weighted by atomic mass is 10.1. The van der Waals surface area contributed by atoms with E-state index in [0.717, 1.165) is 48.6 Å². The van der Waals surface area contributed by atoms with E-state index in [2.05, 4.69) is 20.5 Å². The maximum absolute atomic E-state index is 12.7.